The van der Waals surface area contributed by atoms with E-state index in [1.54, 1.807) is 30.3 Å². The molecule has 4 nitrogen and oxygen atoms in total. The Morgan fingerprint density at radius 3 is 2.64 bits per heavy atom. The largest absolute Gasteiger partial charge is 0.494 e. The van der Waals surface area contributed by atoms with E-state index in [0.717, 1.165) is 0 Å². The molecule has 0 saturated carbocycles. The van der Waals surface area contributed by atoms with Crippen molar-refractivity contribution >= 4 is 5.91 Å². The lowest BCUT2D eigenvalue weighted by Crippen LogP contribution is -2.24. The smallest absolute Gasteiger partial charge is 0.223 e. The minimum Gasteiger partial charge on any atom is -0.494 e. The fourth-order valence-electron chi connectivity index (χ4n) is 2.06. The summed E-state index contributed by atoms with van der Waals surface area (Å²) in [5, 5.41) is 12.6. The van der Waals surface area contributed by atoms with Crippen LogP contribution >= 0.6 is 0 Å². The highest BCUT2D eigenvalue weighted by molar-refractivity contribution is 5.76. The number of carbonyl (C=O) groups is 1. The molecule has 0 saturated heterocycles. The Hall–Kier alpha value is -2.40. The molecule has 5 heteroatoms. The number of benzene rings is 2. The van der Waals surface area contributed by atoms with Crippen molar-refractivity contribution in [1.82, 2.24) is 5.32 Å². The number of methoxy groups -OCH3 is 1. The first kappa shape index (κ1) is 16.0. The fraction of sp³-hybridized carbons (Fsp3) is 0.235. The molecule has 1 unspecified atom stereocenters. The van der Waals surface area contributed by atoms with Crippen LogP contribution in [0.15, 0.2) is 48.5 Å². The van der Waals surface area contributed by atoms with Crippen LogP contribution in [0.3, 0.4) is 0 Å². The van der Waals surface area contributed by atoms with Crippen LogP contribution in [0, 0.1) is 5.82 Å². The topological polar surface area (TPSA) is 58.6 Å². The van der Waals surface area contributed by atoms with Gasteiger partial charge in [0.15, 0.2) is 11.6 Å². The number of aliphatic hydroxyl groups is 1. The van der Waals surface area contributed by atoms with E-state index in [1.165, 1.54) is 19.2 Å². The number of carbonyl (C=O) groups excluding carboxylic acids is 1. The molecule has 0 heterocycles. The van der Waals surface area contributed by atoms with Crippen LogP contribution in [0.1, 0.15) is 23.7 Å². The van der Waals surface area contributed by atoms with Crippen LogP contribution in [0.2, 0.25) is 0 Å². The highest BCUT2D eigenvalue weighted by Gasteiger charge is 2.12. The Morgan fingerprint density at radius 1 is 1.27 bits per heavy atom. The summed E-state index contributed by atoms with van der Waals surface area (Å²) in [6.45, 7) is 0.196. The van der Waals surface area contributed by atoms with Gasteiger partial charge in [0.05, 0.1) is 19.6 Å². The van der Waals surface area contributed by atoms with Gasteiger partial charge in [-0.3, -0.25) is 4.79 Å². The zero-order valence-corrected chi connectivity index (χ0v) is 12.3. The second kappa shape index (κ2) is 7.56. The van der Waals surface area contributed by atoms with Gasteiger partial charge in [0.2, 0.25) is 5.91 Å². The number of rotatable bonds is 6. The van der Waals surface area contributed by atoms with Crippen LogP contribution in [0.5, 0.6) is 5.75 Å². The van der Waals surface area contributed by atoms with Gasteiger partial charge in [-0.25, -0.2) is 4.39 Å². The van der Waals surface area contributed by atoms with Crippen LogP contribution in [-0.2, 0) is 11.3 Å². The maximum absolute atomic E-state index is 13.5. The molecule has 116 valence electrons. The molecular weight excluding hydrogens is 285 g/mol. The number of amides is 1. The standard InChI is InChI=1S/C17H18FNO3/c1-22-16-8-7-12(9-14(16)18)11-19-17(21)10-15(20)13-5-3-2-4-6-13/h2-9,15,20H,10-11H2,1H3,(H,19,21). The summed E-state index contributed by atoms with van der Waals surface area (Å²) < 4.78 is 18.4. The SMILES string of the molecule is COc1ccc(CNC(=O)CC(O)c2ccccc2)cc1F. The highest BCUT2D eigenvalue weighted by atomic mass is 19.1. The monoisotopic (exact) mass is 303 g/mol. The molecule has 2 aromatic carbocycles. The minimum atomic E-state index is -0.853. The maximum Gasteiger partial charge on any atom is 0.223 e. The van der Waals surface area contributed by atoms with Crippen molar-refractivity contribution in [2.24, 2.45) is 0 Å². The van der Waals surface area contributed by atoms with Gasteiger partial charge in [-0.05, 0) is 23.3 Å². The molecule has 22 heavy (non-hydrogen) atoms. The van der Waals surface area contributed by atoms with Crippen molar-refractivity contribution in [3.63, 3.8) is 0 Å². The Kier molecular flexibility index (Phi) is 5.49. The lowest BCUT2D eigenvalue weighted by Gasteiger charge is -2.11. The average molecular weight is 303 g/mol. The van der Waals surface area contributed by atoms with Crippen molar-refractivity contribution in [2.45, 2.75) is 19.1 Å². The van der Waals surface area contributed by atoms with E-state index in [2.05, 4.69) is 5.32 Å². The van der Waals surface area contributed by atoms with Gasteiger partial charge >= 0.3 is 0 Å². The molecule has 0 aliphatic rings. The number of aliphatic hydroxyl groups excluding tert-OH is 1. The van der Waals surface area contributed by atoms with Gasteiger partial charge in [0.25, 0.3) is 0 Å². The minimum absolute atomic E-state index is 0.0390. The van der Waals surface area contributed by atoms with Crippen molar-refractivity contribution in [3.8, 4) is 5.75 Å². The molecule has 1 amide bonds. The summed E-state index contributed by atoms with van der Waals surface area (Å²) in [4.78, 5) is 11.8. The van der Waals surface area contributed by atoms with Crippen LogP contribution < -0.4 is 10.1 Å². The average Bonchev–Trinajstić information content (AvgIpc) is 2.54. The van der Waals surface area contributed by atoms with E-state index in [-0.39, 0.29) is 24.6 Å². The van der Waals surface area contributed by atoms with E-state index in [9.17, 15) is 14.3 Å². The summed E-state index contributed by atoms with van der Waals surface area (Å²) >= 11 is 0. The predicted molar refractivity (Wildman–Crippen MR) is 80.8 cm³/mol. The normalized spacial score (nSPS) is 11.8. The number of ether oxygens (including phenoxy) is 1. The summed E-state index contributed by atoms with van der Waals surface area (Å²) in [6, 6.07) is 13.5. The first-order valence-electron chi connectivity index (χ1n) is 6.92. The first-order valence-corrected chi connectivity index (χ1v) is 6.92. The molecule has 0 aromatic heterocycles. The van der Waals surface area contributed by atoms with Gasteiger partial charge in [0, 0.05) is 6.54 Å². The van der Waals surface area contributed by atoms with Gasteiger partial charge in [0.1, 0.15) is 0 Å². The van der Waals surface area contributed by atoms with E-state index in [0.29, 0.717) is 11.1 Å². The Bertz CT molecular complexity index is 631. The summed E-state index contributed by atoms with van der Waals surface area (Å²) in [7, 11) is 1.39. The molecule has 1 atom stereocenters. The van der Waals surface area contributed by atoms with Crippen molar-refractivity contribution in [3.05, 3.63) is 65.5 Å². The van der Waals surface area contributed by atoms with Gasteiger partial charge in [-0.2, -0.15) is 0 Å². The lowest BCUT2D eigenvalue weighted by molar-refractivity contribution is -0.123. The van der Waals surface area contributed by atoms with Crippen LogP contribution in [-0.4, -0.2) is 18.1 Å². The third-order valence-corrected chi connectivity index (χ3v) is 3.27. The molecule has 2 N–H and O–H groups in total. The zero-order chi connectivity index (χ0) is 15.9. The van der Waals surface area contributed by atoms with Crippen molar-refractivity contribution < 1.29 is 19.0 Å². The Labute approximate surface area is 128 Å². The summed E-state index contributed by atoms with van der Waals surface area (Å²) in [6.07, 6.45) is -0.892. The molecule has 2 aromatic rings. The van der Waals surface area contributed by atoms with Crippen molar-refractivity contribution in [1.29, 1.82) is 0 Å². The number of halogens is 1. The molecule has 0 radical (unpaired) electrons. The Balaban J connectivity index is 1.86. The molecule has 0 bridgehead atoms. The van der Waals surface area contributed by atoms with E-state index >= 15 is 0 Å². The van der Waals surface area contributed by atoms with E-state index in [1.807, 2.05) is 6.07 Å². The third kappa shape index (κ3) is 4.30. The molecule has 0 aliphatic carbocycles. The Morgan fingerprint density at radius 2 is 2.00 bits per heavy atom. The number of nitrogens with one attached hydrogen (secondary N) is 1. The fourth-order valence-corrected chi connectivity index (χ4v) is 2.06. The molecule has 0 aliphatic heterocycles. The molecular formula is C17H18FNO3. The highest BCUT2D eigenvalue weighted by Crippen LogP contribution is 2.18. The zero-order valence-electron chi connectivity index (χ0n) is 12.3. The second-order valence-corrected chi connectivity index (χ2v) is 4.88. The number of hydrogen-bond donors (Lipinski definition) is 2. The third-order valence-electron chi connectivity index (χ3n) is 3.27. The lowest BCUT2D eigenvalue weighted by atomic mass is 10.1. The summed E-state index contributed by atoms with van der Waals surface area (Å²) in [5.74, 6) is -0.610. The van der Waals surface area contributed by atoms with Crippen LogP contribution in [0.4, 0.5) is 4.39 Å². The quantitative estimate of drug-likeness (QED) is 0.862. The van der Waals surface area contributed by atoms with E-state index < -0.39 is 11.9 Å². The van der Waals surface area contributed by atoms with Gasteiger partial charge in [-0.1, -0.05) is 36.4 Å². The summed E-state index contributed by atoms with van der Waals surface area (Å²) in [5.41, 5.74) is 1.31. The molecule has 0 fully saturated rings. The number of hydrogen-bond acceptors (Lipinski definition) is 3. The predicted octanol–water partition coefficient (Wildman–Crippen LogP) is 2.57. The van der Waals surface area contributed by atoms with Gasteiger partial charge < -0.3 is 15.2 Å². The first-order chi connectivity index (χ1) is 10.6. The van der Waals surface area contributed by atoms with Crippen LogP contribution in [0.25, 0.3) is 0 Å². The van der Waals surface area contributed by atoms with E-state index in [4.69, 9.17) is 4.74 Å². The second-order valence-electron chi connectivity index (χ2n) is 4.88. The molecule has 2 rings (SSSR count). The molecule has 0 spiro atoms. The van der Waals surface area contributed by atoms with Gasteiger partial charge in [-0.15, -0.1) is 0 Å². The maximum atomic E-state index is 13.5. The van der Waals surface area contributed by atoms with Crippen molar-refractivity contribution in [2.75, 3.05) is 7.11 Å².